The van der Waals surface area contributed by atoms with Crippen LogP contribution in [0.25, 0.3) is 11.4 Å². The minimum absolute atomic E-state index is 0.0862. The highest BCUT2D eigenvalue weighted by atomic mass is 35.5. The number of rotatable bonds is 3. The van der Waals surface area contributed by atoms with Gasteiger partial charge in [0.25, 0.3) is 0 Å². The molecule has 1 aromatic carbocycles. The van der Waals surface area contributed by atoms with Crippen molar-refractivity contribution < 1.29 is 9.26 Å². The van der Waals surface area contributed by atoms with Crippen LogP contribution in [-0.4, -0.2) is 17.3 Å². The van der Waals surface area contributed by atoms with E-state index in [4.69, 9.17) is 26.1 Å². The average Bonchev–Trinajstić information content (AvgIpc) is 2.78. The number of nitriles is 1. The van der Waals surface area contributed by atoms with Crippen LogP contribution in [0.4, 0.5) is 0 Å². The molecule has 0 fully saturated rings. The van der Waals surface area contributed by atoms with Crippen LogP contribution in [0.1, 0.15) is 5.89 Å². The van der Waals surface area contributed by atoms with Crippen molar-refractivity contribution in [2.24, 2.45) is 0 Å². The lowest BCUT2D eigenvalue weighted by Crippen LogP contribution is -1.89. The van der Waals surface area contributed by atoms with E-state index < -0.39 is 0 Å². The van der Waals surface area contributed by atoms with Crippen molar-refractivity contribution in [3.8, 4) is 23.2 Å². The first kappa shape index (κ1) is 11.4. The zero-order valence-electron chi connectivity index (χ0n) is 8.98. The Bertz CT molecular complexity index is 574. The summed E-state index contributed by atoms with van der Waals surface area (Å²) in [5, 5.41) is 12.9. The fraction of sp³-hybridized carbons (Fsp3) is 0.182. The Hall–Kier alpha value is -2.06. The molecule has 0 bridgehead atoms. The molecular weight excluding hydrogens is 242 g/mol. The maximum atomic E-state index is 8.52. The van der Waals surface area contributed by atoms with Crippen molar-refractivity contribution in [1.82, 2.24) is 10.1 Å². The lowest BCUT2D eigenvalue weighted by Gasteiger charge is -2.04. The summed E-state index contributed by atoms with van der Waals surface area (Å²) in [6.07, 6.45) is 0.0862. The van der Waals surface area contributed by atoms with Gasteiger partial charge in [0.2, 0.25) is 11.7 Å². The van der Waals surface area contributed by atoms with Crippen LogP contribution in [-0.2, 0) is 6.42 Å². The van der Waals surface area contributed by atoms with Gasteiger partial charge in [0.1, 0.15) is 12.2 Å². The number of methoxy groups -OCH3 is 1. The summed E-state index contributed by atoms with van der Waals surface area (Å²) in [6.45, 7) is 0. The van der Waals surface area contributed by atoms with Crippen LogP contribution in [0.2, 0.25) is 5.02 Å². The van der Waals surface area contributed by atoms with Crippen molar-refractivity contribution in [3.63, 3.8) is 0 Å². The molecule has 0 aliphatic carbocycles. The first-order valence-corrected chi connectivity index (χ1v) is 5.16. The molecule has 0 aliphatic heterocycles. The standard InChI is InChI=1S/C11H8ClN3O2/c1-16-9-6-7(12)2-3-8(9)11-14-10(4-5-13)17-15-11/h2-3,6H,4H2,1H3. The Kier molecular flexibility index (Phi) is 3.26. The van der Waals surface area contributed by atoms with Crippen LogP contribution in [0.5, 0.6) is 5.75 Å². The molecule has 0 amide bonds. The second kappa shape index (κ2) is 4.85. The second-order valence-electron chi connectivity index (χ2n) is 3.19. The third-order valence-electron chi connectivity index (χ3n) is 2.10. The summed E-state index contributed by atoms with van der Waals surface area (Å²) >= 11 is 5.85. The fourth-order valence-corrected chi connectivity index (χ4v) is 1.52. The average molecular weight is 250 g/mol. The van der Waals surface area contributed by atoms with Gasteiger partial charge in [0, 0.05) is 5.02 Å². The highest BCUT2D eigenvalue weighted by Crippen LogP contribution is 2.30. The van der Waals surface area contributed by atoms with Gasteiger partial charge in [0.05, 0.1) is 18.7 Å². The van der Waals surface area contributed by atoms with Crippen LogP contribution in [0, 0.1) is 11.3 Å². The smallest absolute Gasteiger partial charge is 0.241 e. The van der Waals surface area contributed by atoms with E-state index in [0.717, 1.165) is 0 Å². The van der Waals surface area contributed by atoms with E-state index in [9.17, 15) is 0 Å². The van der Waals surface area contributed by atoms with Crippen molar-refractivity contribution in [2.45, 2.75) is 6.42 Å². The molecule has 0 N–H and O–H groups in total. The number of aromatic nitrogens is 2. The maximum absolute atomic E-state index is 8.52. The summed E-state index contributed by atoms with van der Waals surface area (Å²) in [6, 6.07) is 7.05. The second-order valence-corrected chi connectivity index (χ2v) is 3.63. The summed E-state index contributed by atoms with van der Waals surface area (Å²) in [7, 11) is 1.53. The summed E-state index contributed by atoms with van der Waals surface area (Å²) in [5.41, 5.74) is 0.671. The number of benzene rings is 1. The predicted octanol–water partition coefficient (Wildman–Crippen LogP) is 2.46. The maximum Gasteiger partial charge on any atom is 0.241 e. The quantitative estimate of drug-likeness (QED) is 0.836. The zero-order chi connectivity index (χ0) is 12.3. The Labute approximate surface area is 103 Å². The molecule has 1 heterocycles. The molecule has 0 unspecified atom stereocenters. The van der Waals surface area contributed by atoms with Crippen LogP contribution < -0.4 is 4.74 Å². The van der Waals surface area contributed by atoms with E-state index in [0.29, 0.717) is 22.2 Å². The minimum Gasteiger partial charge on any atom is -0.496 e. The number of hydrogen-bond acceptors (Lipinski definition) is 5. The van der Waals surface area contributed by atoms with E-state index in [1.54, 1.807) is 18.2 Å². The summed E-state index contributed by atoms with van der Waals surface area (Å²) in [4.78, 5) is 4.09. The van der Waals surface area contributed by atoms with E-state index in [1.165, 1.54) is 7.11 Å². The number of nitrogens with zero attached hydrogens (tertiary/aromatic N) is 3. The normalized spacial score (nSPS) is 9.94. The molecule has 0 spiro atoms. The Morgan fingerprint density at radius 1 is 1.53 bits per heavy atom. The molecule has 0 atom stereocenters. The molecule has 5 nitrogen and oxygen atoms in total. The number of ether oxygens (including phenoxy) is 1. The molecule has 86 valence electrons. The van der Waals surface area contributed by atoms with E-state index in [1.807, 2.05) is 6.07 Å². The van der Waals surface area contributed by atoms with Gasteiger partial charge in [-0.05, 0) is 18.2 Å². The van der Waals surface area contributed by atoms with Crippen LogP contribution in [0.15, 0.2) is 22.7 Å². The molecule has 0 saturated carbocycles. The monoisotopic (exact) mass is 249 g/mol. The van der Waals surface area contributed by atoms with E-state index in [2.05, 4.69) is 10.1 Å². The topological polar surface area (TPSA) is 71.9 Å². The molecule has 0 aliphatic rings. The largest absolute Gasteiger partial charge is 0.496 e. The van der Waals surface area contributed by atoms with Crippen molar-refractivity contribution in [2.75, 3.05) is 7.11 Å². The van der Waals surface area contributed by atoms with Crippen molar-refractivity contribution in [3.05, 3.63) is 29.1 Å². The molecular formula is C11H8ClN3O2. The summed E-state index contributed by atoms with van der Waals surface area (Å²) in [5.74, 6) is 1.21. The predicted molar refractivity (Wildman–Crippen MR) is 60.6 cm³/mol. The molecule has 0 saturated heterocycles. The molecule has 2 rings (SSSR count). The van der Waals surface area contributed by atoms with Gasteiger partial charge >= 0.3 is 0 Å². The molecule has 0 radical (unpaired) electrons. The van der Waals surface area contributed by atoms with Gasteiger partial charge in [-0.1, -0.05) is 16.8 Å². The Morgan fingerprint density at radius 2 is 2.35 bits per heavy atom. The third-order valence-corrected chi connectivity index (χ3v) is 2.34. The lowest BCUT2D eigenvalue weighted by molar-refractivity contribution is 0.386. The van der Waals surface area contributed by atoms with E-state index >= 15 is 0 Å². The fourth-order valence-electron chi connectivity index (χ4n) is 1.35. The van der Waals surface area contributed by atoms with Gasteiger partial charge in [-0.25, -0.2) is 0 Å². The Balaban J connectivity index is 2.42. The van der Waals surface area contributed by atoms with Crippen molar-refractivity contribution >= 4 is 11.6 Å². The highest BCUT2D eigenvalue weighted by Gasteiger charge is 2.13. The zero-order valence-corrected chi connectivity index (χ0v) is 9.73. The SMILES string of the molecule is COc1cc(Cl)ccc1-c1noc(CC#N)n1. The van der Waals surface area contributed by atoms with Gasteiger partial charge in [0.15, 0.2) is 0 Å². The minimum atomic E-state index is 0.0862. The molecule has 17 heavy (non-hydrogen) atoms. The van der Waals surface area contributed by atoms with Gasteiger partial charge in [-0.15, -0.1) is 0 Å². The van der Waals surface area contributed by atoms with Gasteiger partial charge in [-0.3, -0.25) is 0 Å². The first-order valence-electron chi connectivity index (χ1n) is 4.78. The van der Waals surface area contributed by atoms with Crippen molar-refractivity contribution in [1.29, 1.82) is 5.26 Å². The molecule has 2 aromatic rings. The molecule has 6 heteroatoms. The Morgan fingerprint density at radius 3 is 3.06 bits per heavy atom. The summed E-state index contributed by atoms with van der Waals surface area (Å²) < 4.78 is 10.1. The van der Waals surface area contributed by atoms with Crippen LogP contribution in [0.3, 0.4) is 0 Å². The molecule has 1 aromatic heterocycles. The first-order chi connectivity index (χ1) is 8.24. The third kappa shape index (κ3) is 2.37. The number of halogens is 1. The lowest BCUT2D eigenvalue weighted by atomic mass is 10.2. The van der Waals surface area contributed by atoms with Gasteiger partial charge < -0.3 is 9.26 Å². The van der Waals surface area contributed by atoms with E-state index in [-0.39, 0.29) is 12.3 Å². The van der Waals surface area contributed by atoms with Gasteiger partial charge in [-0.2, -0.15) is 10.2 Å². The highest BCUT2D eigenvalue weighted by molar-refractivity contribution is 6.30. The number of hydrogen-bond donors (Lipinski definition) is 0. The van der Waals surface area contributed by atoms with Crippen LogP contribution >= 0.6 is 11.6 Å².